The van der Waals surface area contributed by atoms with Crippen LogP contribution < -0.4 is 10.1 Å². The normalized spacial score (nSPS) is 11.2. The molecule has 4 aromatic rings. The van der Waals surface area contributed by atoms with E-state index in [1.807, 2.05) is 36.7 Å². The Bertz CT molecular complexity index is 1490. The monoisotopic (exact) mass is 511 g/mol. The lowest BCUT2D eigenvalue weighted by molar-refractivity contribution is 0.0899. The molecule has 0 radical (unpaired) electrons. The molecule has 3 heterocycles. The molecule has 0 saturated heterocycles. The summed E-state index contributed by atoms with van der Waals surface area (Å²) in [5.41, 5.74) is 3.87. The lowest BCUT2D eigenvalue weighted by Gasteiger charge is -2.16. The Kier molecular flexibility index (Phi) is 7.53. The van der Waals surface area contributed by atoms with Crippen LogP contribution in [0.25, 0.3) is 11.0 Å². The molecule has 188 valence electrons. The van der Waals surface area contributed by atoms with E-state index in [-0.39, 0.29) is 0 Å². The summed E-state index contributed by atoms with van der Waals surface area (Å²) in [4.78, 5) is 13.5. The lowest BCUT2D eigenvalue weighted by Crippen LogP contribution is -2.22. The zero-order valence-corrected chi connectivity index (χ0v) is 22.7. The summed E-state index contributed by atoms with van der Waals surface area (Å²) < 4.78 is 14.2. The number of rotatable bonds is 9. The van der Waals surface area contributed by atoms with Crippen molar-refractivity contribution in [1.29, 1.82) is 10.5 Å². The van der Waals surface area contributed by atoms with Gasteiger partial charge in [-0.05, 0) is 61.4 Å². The van der Waals surface area contributed by atoms with E-state index in [2.05, 4.69) is 41.0 Å². The van der Waals surface area contributed by atoms with Gasteiger partial charge in [0.05, 0.1) is 28.9 Å². The Balaban J connectivity index is 1.70. The van der Waals surface area contributed by atoms with E-state index in [0.29, 0.717) is 53.5 Å². The predicted octanol–water partition coefficient (Wildman–Crippen LogP) is 6.03. The topological polar surface area (TPSA) is 122 Å². The van der Waals surface area contributed by atoms with Gasteiger partial charge in [-0.3, -0.25) is 0 Å². The predicted molar refractivity (Wildman–Crippen MR) is 145 cm³/mol. The maximum Gasteiger partial charge on any atom is 0.233 e. The van der Waals surface area contributed by atoms with Crippen molar-refractivity contribution in [3.63, 3.8) is 0 Å². The number of aryl methyl sites for hydroxylation is 2. The average molecular weight is 512 g/mol. The van der Waals surface area contributed by atoms with E-state index in [9.17, 15) is 5.26 Å². The molecule has 0 fully saturated rings. The number of hydrogen-bond donors (Lipinski definition) is 1. The van der Waals surface area contributed by atoms with Gasteiger partial charge in [-0.25, -0.2) is 4.98 Å². The van der Waals surface area contributed by atoms with Crippen molar-refractivity contribution in [3.05, 3.63) is 65.1 Å². The third kappa shape index (κ3) is 6.31. The number of nitrogens with zero attached hydrogens (tertiary/aromatic N) is 6. The number of ether oxygens (including phenoxy) is 2. The first-order chi connectivity index (χ1) is 17.7. The second-order valence-corrected chi connectivity index (χ2v) is 15.7. The first-order valence-electron chi connectivity index (χ1n) is 11.9. The molecule has 0 spiro atoms. The van der Waals surface area contributed by atoms with Crippen molar-refractivity contribution in [3.8, 4) is 23.8 Å². The van der Waals surface area contributed by atoms with Gasteiger partial charge in [-0.15, -0.1) is 0 Å². The maximum absolute atomic E-state index is 9.30. The van der Waals surface area contributed by atoms with E-state index in [4.69, 9.17) is 19.7 Å². The molecule has 0 aliphatic heterocycles. The van der Waals surface area contributed by atoms with Gasteiger partial charge in [0.2, 0.25) is 11.8 Å². The summed E-state index contributed by atoms with van der Waals surface area (Å²) in [5.74, 6) is 1.34. The Labute approximate surface area is 217 Å². The summed E-state index contributed by atoms with van der Waals surface area (Å²) in [6, 6.07) is 14.1. The number of benzene rings is 1. The minimum atomic E-state index is -1.20. The molecule has 0 saturated carbocycles. The quantitative estimate of drug-likeness (QED) is 0.213. The fourth-order valence-corrected chi connectivity index (χ4v) is 4.51. The molecule has 0 bridgehead atoms. The Morgan fingerprint density at radius 1 is 1.03 bits per heavy atom. The summed E-state index contributed by atoms with van der Waals surface area (Å²) in [5, 5.41) is 22.2. The van der Waals surface area contributed by atoms with Gasteiger partial charge in [-0.1, -0.05) is 19.6 Å². The molecule has 10 heteroatoms. The molecule has 0 atom stereocenters. The summed E-state index contributed by atoms with van der Waals surface area (Å²) in [6.45, 7) is 11.8. The standard InChI is InChI=1S/C27H29N7O2Si/c1-18-12-20(14-28)13-19(2)24(18)36-26-23-8-9-34(17-35-10-11-37(3,4)5)25(23)32-27(33-26)31-22-7-6-21(15-29)30-16-22/h6-9,12-13,16H,10-11,17H2,1-5H3,(H,31,32,33). The van der Waals surface area contributed by atoms with Crippen molar-refractivity contribution in [2.45, 2.75) is 46.3 Å². The van der Waals surface area contributed by atoms with Gasteiger partial charge >= 0.3 is 0 Å². The third-order valence-corrected chi connectivity index (χ3v) is 7.44. The maximum atomic E-state index is 9.30. The van der Waals surface area contributed by atoms with Crippen LogP contribution in [0.5, 0.6) is 11.6 Å². The number of anilines is 2. The molecule has 1 N–H and O–H groups in total. The number of aromatic nitrogens is 4. The largest absolute Gasteiger partial charge is 0.438 e. The van der Waals surface area contributed by atoms with Crippen molar-refractivity contribution in [2.24, 2.45) is 0 Å². The SMILES string of the molecule is Cc1cc(C#N)cc(C)c1Oc1nc(Nc2ccc(C#N)nc2)nc2c1ccn2COCC[Si](C)(C)C. The fourth-order valence-electron chi connectivity index (χ4n) is 3.75. The van der Waals surface area contributed by atoms with E-state index in [1.54, 1.807) is 30.5 Å². The molecule has 1 aromatic carbocycles. The number of pyridine rings is 1. The second-order valence-electron chi connectivity index (χ2n) is 10.0. The highest BCUT2D eigenvalue weighted by Crippen LogP contribution is 2.34. The van der Waals surface area contributed by atoms with E-state index >= 15 is 0 Å². The number of fused-ring (bicyclic) bond motifs is 1. The lowest BCUT2D eigenvalue weighted by atomic mass is 10.1. The van der Waals surface area contributed by atoms with Crippen molar-refractivity contribution in [2.75, 3.05) is 11.9 Å². The molecule has 37 heavy (non-hydrogen) atoms. The molecule has 0 amide bonds. The minimum absolute atomic E-state index is 0.319. The van der Waals surface area contributed by atoms with Crippen LogP contribution in [0.2, 0.25) is 25.7 Å². The van der Waals surface area contributed by atoms with Gasteiger partial charge in [0.25, 0.3) is 0 Å². The van der Waals surface area contributed by atoms with Crippen LogP contribution in [0.4, 0.5) is 11.6 Å². The Hall–Kier alpha value is -4.25. The first-order valence-corrected chi connectivity index (χ1v) is 15.6. The van der Waals surface area contributed by atoms with Crippen LogP contribution in [-0.4, -0.2) is 34.2 Å². The van der Waals surface area contributed by atoms with Crippen molar-refractivity contribution < 1.29 is 9.47 Å². The van der Waals surface area contributed by atoms with Crippen LogP contribution in [0.1, 0.15) is 22.4 Å². The molecule has 0 aliphatic carbocycles. The van der Waals surface area contributed by atoms with Crippen molar-refractivity contribution >= 4 is 30.7 Å². The van der Waals surface area contributed by atoms with Gasteiger partial charge in [0.15, 0.2) is 5.65 Å². The number of nitrogens with one attached hydrogen (secondary N) is 1. The van der Waals surface area contributed by atoms with E-state index in [0.717, 1.165) is 22.6 Å². The number of hydrogen-bond acceptors (Lipinski definition) is 8. The number of nitriles is 2. The van der Waals surface area contributed by atoms with Gasteiger partial charge in [0.1, 0.15) is 24.2 Å². The van der Waals surface area contributed by atoms with Crippen LogP contribution in [-0.2, 0) is 11.5 Å². The molecule has 0 unspecified atom stereocenters. The molecule has 0 aliphatic rings. The minimum Gasteiger partial charge on any atom is -0.438 e. The van der Waals surface area contributed by atoms with Gasteiger partial charge in [0, 0.05) is 20.9 Å². The van der Waals surface area contributed by atoms with Crippen LogP contribution in [0.15, 0.2) is 42.7 Å². The van der Waals surface area contributed by atoms with E-state index < -0.39 is 8.07 Å². The molecule has 4 rings (SSSR count). The zero-order valence-electron chi connectivity index (χ0n) is 21.7. The third-order valence-electron chi connectivity index (χ3n) is 5.73. The highest BCUT2D eigenvalue weighted by molar-refractivity contribution is 6.76. The summed E-state index contributed by atoms with van der Waals surface area (Å²) in [7, 11) is -1.20. The zero-order chi connectivity index (χ0) is 26.6. The average Bonchev–Trinajstić information content (AvgIpc) is 3.26. The summed E-state index contributed by atoms with van der Waals surface area (Å²) in [6.07, 6.45) is 3.46. The Morgan fingerprint density at radius 3 is 2.41 bits per heavy atom. The fraction of sp³-hybridized carbons (Fsp3) is 0.296. The van der Waals surface area contributed by atoms with Crippen LogP contribution in [0, 0.1) is 36.5 Å². The smallest absolute Gasteiger partial charge is 0.233 e. The van der Waals surface area contributed by atoms with Gasteiger partial charge < -0.3 is 19.4 Å². The molecule has 9 nitrogen and oxygen atoms in total. The Morgan fingerprint density at radius 2 is 1.78 bits per heavy atom. The van der Waals surface area contributed by atoms with Crippen LogP contribution in [0.3, 0.4) is 0 Å². The first kappa shape index (κ1) is 25.8. The highest BCUT2D eigenvalue weighted by Gasteiger charge is 2.17. The highest BCUT2D eigenvalue weighted by atomic mass is 28.3. The van der Waals surface area contributed by atoms with Crippen LogP contribution >= 0.6 is 0 Å². The molecular formula is C27H29N7O2Si. The van der Waals surface area contributed by atoms with E-state index in [1.165, 1.54) is 0 Å². The molecular weight excluding hydrogens is 482 g/mol. The van der Waals surface area contributed by atoms with Crippen molar-refractivity contribution in [1.82, 2.24) is 19.5 Å². The molecule has 3 aromatic heterocycles. The summed E-state index contributed by atoms with van der Waals surface area (Å²) >= 11 is 0. The second kappa shape index (κ2) is 10.8. The van der Waals surface area contributed by atoms with Gasteiger partial charge in [-0.2, -0.15) is 20.5 Å².